The molecule has 0 radical (unpaired) electrons. The highest BCUT2D eigenvalue weighted by Crippen LogP contribution is 2.30. The number of nitriles is 1. The lowest BCUT2D eigenvalue weighted by molar-refractivity contribution is -0.112. The van der Waals surface area contributed by atoms with Crippen LogP contribution in [-0.4, -0.2) is 5.91 Å². The summed E-state index contributed by atoms with van der Waals surface area (Å²) in [5, 5.41) is 15.5. The summed E-state index contributed by atoms with van der Waals surface area (Å²) in [6.07, 6.45) is 1.22. The Morgan fingerprint density at radius 1 is 1.12 bits per heavy atom. The van der Waals surface area contributed by atoms with Crippen molar-refractivity contribution in [2.75, 3.05) is 16.4 Å². The number of benzene rings is 2. The number of nitrogens with one attached hydrogen (secondary N) is 2. The number of amides is 1. The van der Waals surface area contributed by atoms with Crippen molar-refractivity contribution >= 4 is 57.8 Å². The average Bonchev–Trinajstić information content (AvgIpc) is 2.54. The van der Waals surface area contributed by atoms with Crippen LogP contribution in [-0.2, 0) is 4.79 Å². The molecule has 0 aliphatic rings. The maximum absolute atomic E-state index is 12.1. The Morgan fingerprint density at radius 3 is 2.38 bits per heavy atom. The minimum absolute atomic E-state index is 0.168. The van der Waals surface area contributed by atoms with Crippen LogP contribution in [0.1, 0.15) is 0 Å². The summed E-state index contributed by atoms with van der Waals surface area (Å²) >= 11 is 17.9. The molecule has 5 nitrogen and oxygen atoms in total. The molecule has 0 saturated heterocycles. The van der Waals surface area contributed by atoms with Crippen molar-refractivity contribution in [3.8, 4) is 6.07 Å². The van der Waals surface area contributed by atoms with Crippen molar-refractivity contribution < 1.29 is 4.79 Å². The third kappa shape index (κ3) is 4.33. The second kappa shape index (κ2) is 7.93. The van der Waals surface area contributed by atoms with Crippen molar-refractivity contribution in [3.05, 3.63) is 63.2 Å². The molecule has 1 amide bonds. The number of nitrogen functional groups attached to an aromatic ring is 1. The lowest BCUT2D eigenvalue weighted by atomic mass is 10.2. The van der Waals surface area contributed by atoms with Gasteiger partial charge in [-0.15, -0.1) is 0 Å². The Labute approximate surface area is 153 Å². The van der Waals surface area contributed by atoms with Crippen LogP contribution in [0.5, 0.6) is 0 Å². The zero-order chi connectivity index (χ0) is 17.7. The van der Waals surface area contributed by atoms with Gasteiger partial charge in [0, 0.05) is 11.9 Å². The van der Waals surface area contributed by atoms with E-state index in [-0.39, 0.29) is 5.57 Å². The minimum atomic E-state index is -0.617. The van der Waals surface area contributed by atoms with Gasteiger partial charge in [-0.2, -0.15) is 5.26 Å². The van der Waals surface area contributed by atoms with Gasteiger partial charge in [0.05, 0.1) is 26.4 Å². The molecule has 0 unspecified atom stereocenters. The van der Waals surface area contributed by atoms with Crippen LogP contribution >= 0.6 is 34.8 Å². The number of nitrogens with zero attached hydrogens (tertiary/aromatic N) is 1. The Balaban J connectivity index is 2.16. The van der Waals surface area contributed by atoms with Gasteiger partial charge < -0.3 is 16.4 Å². The van der Waals surface area contributed by atoms with E-state index in [2.05, 4.69) is 10.6 Å². The van der Waals surface area contributed by atoms with Crippen molar-refractivity contribution in [2.24, 2.45) is 0 Å². The molecule has 0 aromatic heterocycles. The van der Waals surface area contributed by atoms with Crippen LogP contribution in [0.25, 0.3) is 0 Å². The number of anilines is 3. The van der Waals surface area contributed by atoms with Crippen molar-refractivity contribution in [2.45, 2.75) is 0 Å². The normalized spacial score (nSPS) is 10.8. The predicted molar refractivity (Wildman–Crippen MR) is 98.3 cm³/mol. The number of nitrogens with two attached hydrogens (primary N) is 1. The van der Waals surface area contributed by atoms with Crippen molar-refractivity contribution in [1.29, 1.82) is 5.26 Å². The molecule has 2 aromatic rings. The van der Waals surface area contributed by atoms with Crippen LogP contribution in [0.4, 0.5) is 17.1 Å². The maximum atomic E-state index is 12.1. The first-order valence-corrected chi connectivity index (χ1v) is 7.73. The number of carbonyl (C=O) groups excluding carboxylic acids is 1. The van der Waals surface area contributed by atoms with E-state index in [1.54, 1.807) is 36.4 Å². The van der Waals surface area contributed by atoms with Crippen molar-refractivity contribution in [3.63, 3.8) is 0 Å². The fourth-order valence-electron chi connectivity index (χ4n) is 1.73. The largest absolute Gasteiger partial charge is 0.398 e. The highest BCUT2D eigenvalue weighted by molar-refractivity contribution is 6.39. The molecule has 0 aliphatic heterocycles. The summed E-state index contributed by atoms with van der Waals surface area (Å²) in [7, 11) is 0. The van der Waals surface area contributed by atoms with Crippen LogP contribution in [0.2, 0.25) is 15.1 Å². The summed E-state index contributed by atoms with van der Waals surface area (Å²) in [5.74, 6) is -0.617. The standard InChI is InChI=1S/C16H11Cl3N4O/c17-11-2-1-3-12(18)15(11)22-8-9(7-20)16(24)23-10-4-5-14(21)13(19)6-10/h1-6,8,22H,21H2,(H,23,24)/b9-8-. The molecule has 0 saturated carbocycles. The number of halogens is 3. The van der Waals surface area contributed by atoms with Gasteiger partial charge in [0.1, 0.15) is 11.6 Å². The van der Waals surface area contributed by atoms with Gasteiger partial charge in [-0.3, -0.25) is 4.79 Å². The van der Waals surface area contributed by atoms with E-state index in [9.17, 15) is 4.79 Å². The summed E-state index contributed by atoms with van der Waals surface area (Å²) in [6, 6.07) is 11.4. The molecule has 0 atom stereocenters. The molecule has 4 N–H and O–H groups in total. The highest BCUT2D eigenvalue weighted by atomic mass is 35.5. The van der Waals surface area contributed by atoms with Crippen LogP contribution in [0, 0.1) is 11.3 Å². The monoisotopic (exact) mass is 380 g/mol. The molecule has 0 heterocycles. The molecule has 0 fully saturated rings. The van der Waals surface area contributed by atoms with Crippen LogP contribution < -0.4 is 16.4 Å². The highest BCUT2D eigenvalue weighted by Gasteiger charge is 2.11. The molecule has 0 bridgehead atoms. The first kappa shape index (κ1) is 18.0. The first-order chi connectivity index (χ1) is 11.4. The molecule has 24 heavy (non-hydrogen) atoms. The van der Waals surface area contributed by atoms with Crippen LogP contribution in [0.3, 0.4) is 0 Å². The van der Waals surface area contributed by atoms with Gasteiger partial charge in [0.15, 0.2) is 0 Å². The van der Waals surface area contributed by atoms with E-state index < -0.39 is 5.91 Å². The van der Waals surface area contributed by atoms with Gasteiger partial charge >= 0.3 is 0 Å². The Bertz CT molecular complexity index is 839. The van der Waals surface area contributed by atoms with E-state index in [4.69, 9.17) is 45.8 Å². The summed E-state index contributed by atoms with van der Waals surface area (Å²) in [6.45, 7) is 0. The number of hydrogen-bond acceptors (Lipinski definition) is 4. The molecule has 0 aliphatic carbocycles. The quantitative estimate of drug-likeness (QED) is 0.407. The fraction of sp³-hybridized carbons (Fsp3) is 0. The van der Waals surface area contributed by atoms with E-state index in [1.165, 1.54) is 12.3 Å². The summed E-state index contributed by atoms with van der Waals surface area (Å²) in [4.78, 5) is 12.1. The van der Waals surface area contributed by atoms with Crippen LogP contribution in [0.15, 0.2) is 48.2 Å². The van der Waals surface area contributed by atoms with Gasteiger partial charge in [0.2, 0.25) is 0 Å². The van der Waals surface area contributed by atoms with E-state index >= 15 is 0 Å². The lowest BCUT2D eigenvalue weighted by Gasteiger charge is -2.08. The second-order valence-corrected chi connectivity index (χ2v) is 5.82. The predicted octanol–water partition coefficient (Wildman–Crippen LogP) is 4.69. The Kier molecular flexibility index (Phi) is 5.93. The third-order valence-electron chi connectivity index (χ3n) is 2.95. The lowest BCUT2D eigenvalue weighted by Crippen LogP contribution is -2.14. The maximum Gasteiger partial charge on any atom is 0.267 e. The van der Waals surface area contributed by atoms with E-state index in [1.807, 2.05) is 0 Å². The number of hydrogen-bond donors (Lipinski definition) is 3. The Hall–Kier alpha value is -2.39. The first-order valence-electron chi connectivity index (χ1n) is 6.59. The topological polar surface area (TPSA) is 90.9 Å². The zero-order valence-corrected chi connectivity index (χ0v) is 14.4. The molecule has 2 rings (SSSR count). The van der Waals surface area contributed by atoms with Gasteiger partial charge in [-0.25, -0.2) is 0 Å². The third-order valence-corrected chi connectivity index (χ3v) is 3.90. The number of para-hydroxylation sites is 1. The summed E-state index contributed by atoms with van der Waals surface area (Å²) in [5.41, 5.74) is 6.64. The number of rotatable bonds is 4. The zero-order valence-electron chi connectivity index (χ0n) is 12.1. The smallest absolute Gasteiger partial charge is 0.267 e. The molecule has 8 heteroatoms. The van der Waals surface area contributed by atoms with Gasteiger partial charge in [0.25, 0.3) is 5.91 Å². The molecular weight excluding hydrogens is 371 g/mol. The summed E-state index contributed by atoms with van der Waals surface area (Å²) < 4.78 is 0. The molecule has 122 valence electrons. The minimum Gasteiger partial charge on any atom is -0.398 e. The molecule has 0 spiro atoms. The number of carbonyl (C=O) groups is 1. The fourth-order valence-corrected chi connectivity index (χ4v) is 2.42. The van der Waals surface area contributed by atoms with Gasteiger partial charge in [-0.05, 0) is 30.3 Å². The van der Waals surface area contributed by atoms with E-state index in [0.29, 0.717) is 32.1 Å². The molecule has 2 aromatic carbocycles. The SMILES string of the molecule is N#C/C(=C/Nc1c(Cl)cccc1Cl)C(=O)Nc1ccc(N)c(Cl)c1. The molecular formula is C16H11Cl3N4O. The van der Waals surface area contributed by atoms with E-state index in [0.717, 1.165) is 0 Å². The second-order valence-electron chi connectivity index (χ2n) is 4.60. The average molecular weight is 382 g/mol. The Morgan fingerprint density at radius 2 is 1.79 bits per heavy atom. The van der Waals surface area contributed by atoms with Gasteiger partial charge in [-0.1, -0.05) is 40.9 Å². The van der Waals surface area contributed by atoms with Crippen molar-refractivity contribution in [1.82, 2.24) is 0 Å².